The number of nitrogens with one attached hydrogen (secondary N) is 1. The number of hydrogen-bond donors (Lipinski definition) is 1. The van der Waals surface area contributed by atoms with E-state index in [1.54, 1.807) is 0 Å². The molecule has 2 heterocycles. The number of nitrogens with zero attached hydrogens (tertiary/aromatic N) is 4. The Kier molecular flexibility index (Phi) is 6.38. The van der Waals surface area contributed by atoms with E-state index in [1.807, 2.05) is 24.3 Å². The molecule has 0 amide bonds. The van der Waals surface area contributed by atoms with E-state index in [4.69, 9.17) is 4.74 Å². The summed E-state index contributed by atoms with van der Waals surface area (Å²) < 4.78 is 9.34. The number of piperazine rings is 1. The minimum absolute atomic E-state index is 0.203. The monoisotopic (exact) mass is 385 g/mol. The van der Waals surface area contributed by atoms with E-state index in [0.29, 0.717) is 18.1 Å². The van der Waals surface area contributed by atoms with E-state index < -0.39 is 5.97 Å². The highest BCUT2D eigenvalue weighted by molar-refractivity contribution is 5.88. The van der Waals surface area contributed by atoms with Crippen molar-refractivity contribution >= 4 is 29.3 Å². The van der Waals surface area contributed by atoms with Crippen molar-refractivity contribution in [3.05, 3.63) is 42.2 Å². The van der Waals surface area contributed by atoms with Gasteiger partial charge in [0.15, 0.2) is 0 Å². The number of carbonyl (C=O) groups excluding carboxylic acids is 2. The molecule has 1 aliphatic heterocycles. The van der Waals surface area contributed by atoms with Crippen LogP contribution < -0.4 is 10.2 Å². The van der Waals surface area contributed by atoms with Crippen molar-refractivity contribution in [1.29, 1.82) is 0 Å². The molecule has 0 radical (unpaired) electrons. The highest BCUT2D eigenvalue weighted by atomic mass is 16.5. The Hall–Kier alpha value is -3.20. The fraction of sp³-hybridized carbons (Fsp3) is 0.368. The maximum atomic E-state index is 11.4. The molecular weight excluding hydrogens is 362 g/mol. The third kappa shape index (κ3) is 4.95. The van der Waals surface area contributed by atoms with E-state index in [-0.39, 0.29) is 5.97 Å². The van der Waals surface area contributed by atoms with Gasteiger partial charge in [0.25, 0.3) is 0 Å². The van der Waals surface area contributed by atoms with Crippen LogP contribution in [0.25, 0.3) is 0 Å². The normalized spacial score (nSPS) is 14.4. The molecule has 9 nitrogen and oxygen atoms in total. The lowest BCUT2D eigenvalue weighted by Gasteiger charge is -2.35. The predicted octanol–water partition coefficient (Wildman–Crippen LogP) is 1.30. The van der Waals surface area contributed by atoms with E-state index in [9.17, 15) is 9.59 Å². The van der Waals surface area contributed by atoms with Crippen LogP contribution in [0.4, 0.5) is 17.3 Å². The number of ether oxygens (including phenoxy) is 2. The van der Waals surface area contributed by atoms with Crippen LogP contribution in [0.5, 0.6) is 0 Å². The molecule has 1 aromatic carbocycles. The molecule has 0 unspecified atom stereocenters. The molecular formula is C19H23N5O4. The van der Waals surface area contributed by atoms with Crippen molar-refractivity contribution in [2.24, 2.45) is 0 Å². The number of benzene rings is 1. The average Bonchev–Trinajstić information content (AvgIpc) is 2.75. The van der Waals surface area contributed by atoms with Crippen molar-refractivity contribution in [1.82, 2.24) is 14.9 Å². The Morgan fingerprint density at radius 2 is 1.64 bits per heavy atom. The van der Waals surface area contributed by atoms with E-state index in [2.05, 4.69) is 29.8 Å². The summed E-state index contributed by atoms with van der Waals surface area (Å²) in [5.74, 6) is -0.273. The van der Waals surface area contributed by atoms with Crippen LogP contribution >= 0.6 is 0 Å². The maximum absolute atomic E-state index is 11.4. The van der Waals surface area contributed by atoms with E-state index in [1.165, 1.54) is 26.6 Å². The van der Waals surface area contributed by atoms with Gasteiger partial charge in [0.1, 0.15) is 0 Å². The molecule has 1 aliphatic rings. The topological polar surface area (TPSA) is 96.9 Å². The maximum Gasteiger partial charge on any atom is 0.341 e. The Labute approximate surface area is 163 Å². The summed E-state index contributed by atoms with van der Waals surface area (Å²) in [6.07, 6.45) is 2.84. The van der Waals surface area contributed by atoms with Gasteiger partial charge in [-0.3, -0.25) is 9.69 Å². The minimum atomic E-state index is -0.470. The zero-order chi connectivity index (χ0) is 19.9. The summed E-state index contributed by atoms with van der Waals surface area (Å²) in [4.78, 5) is 35.4. The molecule has 1 fully saturated rings. The second-order valence-electron chi connectivity index (χ2n) is 6.30. The Morgan fingerprint density at radius 1 is 1.00 bits per heavy atom. The number of aromatic nitrogens is 2. The number of hydrogen-bond acceptors (Lipinski definition) is 9. The van der Waals surface area contributed by atoms with Crippen LogP contribution in [0, 0.1) is 0 Å². The molecule has 1 saturated heterocycles. The standard InChI is InChI=1S/C19H23N5O4/c1-27-17(25)13-23-7-9-24(10-8-23)16-5-3-15(4-6-16)22-19-20-11-14(12-21-19)18(26)28-2/h3-6,11-12H,7-10,13H2,1-2H3,(H,20,21,22). The molecule has 1 aromatic heterocycles. The number of rotatable bonds is 6. The number of esters is 2. The molecule has 148 valence electrons. The lowest BCUT2D eigenvalue weighted by molar-refractivity contribution is -0.142. The Balaban J connectivity index is 1.54. The van der Waals surface area contributed by atoms with Crippen molar-refractivity contribution in [2.45, 2.75) is 0 Å². The van der Waals surface area contributed by atoms with Crippen molar-refractivity contribution in [2.75, 3.05) is 57.2 Å². The Bertz CT molecular complexity index is 802. The van der Waals surface area contributed by atoms with Gasteiger partial charge in [0.05, 0.1) is 26.3 Å². The lowest BCUT2D eigenvalue weighted by Crippen LogP contribution is -2.48. The minimum Gasteiger partial charge on any atom is -0.468 e. The van der Waals surface area contributed by atoms with Crippen LogP contribution in [0.3, 0.4) is 0 Å². The highest BCUT2D eigenvalue weighted by Crippen LogP contribution is 2.21. The molecule has 0 spiro atoms. The summed E-state index contributed by atoms with van der Waals surface area (Å²) in [6, 6.07) is 7.96. The van der Waals surface area contributed by atoms with Crippen LogP contribution in [0.15, 0.2) is 36.7 Å². The van der Waals surface area contributed by atoms with Crippen molar-refractivity contribution in [3.63, 3.8) is 0 Å². The summed E-state index contributed by atoms with van der Waals surface area (Å²) in [7, 11) is 2.72. The van der Waals surface area contributed by atoms with Gasteiger partial charge in [0, 0.05) is 49.9 Å². The van der Waals surface area contributed by atoms with Crippen LogP contribution in [0.2, 0.25) is 0 Å². The zero-order valence-corrected chi connectivity index (χ0v) is 15.9. The van der Waals surface area contributed by atoms with Gasteiger partial charge >= 0.3 is 11.9 Å². The molecule has 28 heavy (non-hydrogen) atoms. The summed E-state index contributed by atoms with van der Waals surface area (Å²) >= 11 is 0. The first-order chi connectivity index (χ1) is 13.6. The van der Waals surface area contributed by atoms with Crippen LogP contribution in [0.1, 0.15) is 10.4 Å². The smallest absolute Gasteiger partial charge is 0.341 e. The fourth-order valence-corrected chi connectivity index (χ4v) is 2.91. The molecule has 2 aromatic rings. The average molecular weight is 385 g/mol. The lowest BCUT2D eigenvalue weighted by atomic mass is 10.2. The number of methoxy groups -OCH3 is 2. The fourth-order valence-electron chi connectivity index (χ4n) is 2.91. The molecule has 0 saturated carbocycles. The van der Waals surface area contributed by atoms with E-state index in [0.717, 1.165) is 37.6 Å². The Morgan fingerprint density at radius 3 is 2.21 bits per heavy atom. The first-order valence-corrected chi connectivity index (χ1v) is 8.90. The number of carbonyl (C=O) groups is 2. The van der Waals surface area contributed by atoms with Gasteiger partial charge in [-0.2, -0.15) is 0 Å². The quantitative estimate of drug-likeness (QED) is 0.738. The van der Waals surface area contributed by atoms with E-state index >= 15 is 0 Å². The highest BCUT2D eigenvalue weighted by Gasteiger charge is 2.19. The molecule has 0 atom stereocenters. The van der Waals surface area contributed by atoms with Crippen LogP contribution in [-0.4, -0.2) is 73.7 Å². The van der Waals surface area contributed by atoms with Crippen molar-refractivity contribution in [3.8, 4) is 0 Å². The third-order valence-corrected chi connectivity index (χ3v) is 4.51. The molecule has 0 aliphatic carbocycles. The first-order valence-electron chi connectivity index (χ1n) is 8.90. The second kappa shape index (κ2) is 9.14. The van der Waals surface area contributed by atoms with Gasteiger partial charge < -0.3 is 19.7 Å². The third-order valence-electron chi connectivity index (χ3n) is 4.51. The molecule has 1 N–H and O–H groups in total. The van der Waals surface area contributed by atoms with Gasteiger partial charge in [0.2, 0.25) is 5.95 Å². The first kappa shape index (κ1) is 19.6. The largest absolute Gasteiger partial charge is 0.468 e. The summed E-state index contributed by atoms with van der Waals surface area (Å²) in [5.41, 5.74) is 2.26. The number of anilines is 3. The second-order valence-corrected chi connectivity index (χ2v) is 6.30. The molecule has 0 bridgehead atoms. The zero-order valence-electron chi connectivity index (χ0n) is 15.9. The van der Waals surface area contributed by atoms with Crippen LogP contribution in [-0.2, 0) is 14.3 Å². The van der Waals surface area contributed by atoms with Gasteiger partial charge in [-0.1, -0.05) is 0 Å². The van der Waals surface area contributed by atoms with Gasteiger partial charge in [-0.25, -0.2) is 14.8 Å². The summed E-state index contributed by atoms with van der Waals surface area (Å²) in [5, 5.41) is 3.10. The van der Waals surface area contributed by atoms with Crippen molar-refractivity contribution < 1.29 is 19.1 Å². The SMILES string of the molecule is COC(=O)CN1CCN(c2ccc(Nc3ncc(C(=O)OC)cn3)cc2)CC1. The molecule has 3 rings (SSSR count). The summed E-state index contributed by atoms with van der Waals surface area (Å²) in [6.45, 7) is 3.66. The van der Waals surface area contributed by atoms with Gasteiger partial charge in [-0.15, -0.1) is 0 Å². The predicted molar refractivity (Wildman–Crippen MR) is 104 cm³/mol. The molecule has 9 heteroatoms. The van der Waals surface area contributed by atoms with Gasteiger partial charge in [-0.05, 0) is 24.3 Å².